The van der Waals surface area contributed by atoms with Crippen LogP contribution in [0.4, 0.5) is 15.8 Å². The number of benzene rings is 3. The highest BCUT2D eigenvalue weighted by Gasteiger charge is 2.39. The third kappa shape index (κ3) is 6.42. The number of hydrogen-bond donors (Lipinski definition) is 1. The topological polar surface area (TPSA) is 80.2 Å². The van der Waals surface area contributed by atoms with Crippen molar-refractivity contribution >= 4 is 40.1 Å². The van der Waals surface area contributed by atoms with Gasteiger partial charge in [0.1, 0.15) is 22.6 Å². The average molecular weight is 508 g/mol. The Labute approximate surface area is 213 Å². The molecule has 1 aliphatic heterocycles. The number of aliphatic imine (C=N–C) groups is 1. The van der Waals surface area contributed by atoms with Gasteiger partial charge in [0.15, 0.2) is 5.17 Å². The first-order valence-electron chi connectivity index (χ1n) is 11.4. The molecule has 186 valence electrons. The summed E-state index contributed by atoms with van der Waals surface area (Å²) in [6.45, 7) is 2.62. The summed E-state index contributed by atoms with van der Waals surface area (Å²) in [5.74, 6) is 0.480. The maximum absolute atomic E-state index is 13.4. The minimum absolute atomic E-state index is 0.0239. The van der Waals surface area contributed by atoms with Gasteiger partial charge in [-0.2, -0.15) is 0 Å². The van der Waals surface area contributed by atoms with Gasteiger partial charge in [-0.15, -0.1) is 0 Å². The van der Waals surface area contributed by atoms with Crippen LogP contribution >= 0.6 is 11.8 Å². The van der Waals surface area contributed by atoms with Gasteiger partial charge in [0.25, 0.3) is 0 Å². The predicted octanol–water partition coefficient (Wildman–Crippen LogP) is 5.39. The van der Waals surface area contributed by atoms with Gasteiger partial charge in [-0.1, -0.05) is 30.0 Å². The first-order valence-corrected chi connectivity index (χ1v) is 12.3. The fraction of sp³-hybridized carbons (Fsp3) is 0.222. The summed E-state index contributed by atoms with van der Waals surface area (Å²) in [5.41, 5.74) is 2.00. The van der Waals surface area contributed by atoms with Gasteiger partial charge in [-0.25, -0.2) is 9.38 Å². The molecule has 7 nitrogen and oxygen atoms in total. The number of rotatable bonds is 9. The first-order chi connectivity index (χ1) is 17.4. The van der Waals surface area contributed by atoms with Crippen LogP contribution in [0.2, 0.25) is 0 Å². The van der Waals surface area contributed by atoms with Crippen molar-refractivity contribution in [1.82, 2.24) is 4.90 Å². The number of halogens is 1. The van der Waals surface area contributed by atoms with Gasteiger partial charge >= 0.3 is 0 Å². The van der Waals surface area contributed by atoms with Crippen molar-refractivity contribution in [3.8, 4) is 11.5 Å². The van der Waals surface area contributed by atoms with E-state index in [4.69, 9.17) is 9.47 Å². The van der Waals surface area contributed by atoms with Crippen molar-refractivity contribution in [2.75, 3.05) is 19.0 Å². The van der Waals surface area contributed by atoms with E-state index in [1.165, 1.54) is 28.8 Å². The molecule has 9 heteroatoms. The Morgan fingerprint density at radius 1 is 1.08 bits per heavy atom. The predicted molar refractivity (Wildman–Crippen MR) is 139 cm³/mol. The van der Waals surface area contributed by atoms with E-state index in [2.05, 4.69) is 10.3 Å². The van der Waals surface area contributed by atoms with Crippen LogP contribution in [0.5, 0.6) is 11.5 Å². The number of carbonyl (C=O) groups excluding carboxylic acids is 2. The van der Waals surface area contributed by atoms with E-state index in [-0.39, 0.29) is 30.6 Å². The van der Waals surface area contributed by atoms with Gasteiger partial charge in [-0.3, -0.25) is 14.5 Å². The molecular formula is C27H26FN3O4S. The minimum Gasteiger partial charge on any atom is -0.497 e. The van der Waals surface area contributed by atoms with E-state index in [9.17, 15) is 14.0 Å². The average Bonchev–Trinajstić information content (AvgIpc) is 3.15. The SMILES string of the molecule is CCOc1cccc(NC(=O)C[C@H]2SC(=Nc3ccc(OC)cc3)N(Cc3ccc(F)cc3)C2=O)c1. The molecule has 4 rings (SSSR count). The molecule has 3 aromatic carbocycles. The molecule has 0 unspecified atom stereocenters. The molecule has 0 saturated carbocycles. The van der Waals surface area contributed by atoms with Crippen LogP contribution in [0.15, 0.2) is 77.8 Å². The minimum atomic E-state index is -0.641. The molecule has 3 aromatic rings. The Morgan fingerprint density at radius 2 is 1.83 bits per heavy atom. The van der Waals surface area contributed by atoms with Gasteiger partial charge in [0, 0.05) is 18.2 Å². The standard InChI is InChI=1S/C27H26FN3O4S/c1-3-35-23-6-4-5-21(15-23)29-25(32)16-24-26(33)31(17-18-7-9-19(28)10-8-18)27(36-24)30-20-11-13-22(34-2)14-12-20/h4-15,24H,3,16-17H2,1-2H3,(H,29,32)/t24-/m1/s1. The highest BCUT2D eigenvalue weighted by molar-refractivity contribution is 8.15. The third-order valence-corrected chi connectivity index (χ3v) is 6.55. The summed E-state index contributed by atoms with van der Waals surface area (Å²) < 4.78 is 24.1. The number of anilines is 1. The van der Waals surface area contributed by atoms with Crippen LogP contribution in [-0.4, -0.2) is 40.8 Å². The molecule has 0 aromatic heterocycles. The molecule has 1 fully saturated rings. The van der Waals surface area contributed by atoms with E-state index in [1.807, 2.05) is 13.0 Å². The van der Waals surface area contributed by atoms with Crippen molar-refractivity contribution in [2.24, 2.45) is 4.99 Å². The quantitative estimate of drug-likeness (QED) is 0.420. The van der Waals surface area contributed by atoms with Crippen LogP contribution < -0.4 is 14.8 Å². The zero-order valence-corrected chi connectivity index (χ0v) is 20.8. The summed E-state index contributed by atoms with van der Waals surface area (Å²) in [7, 11) is 1.58. The first kappa shape index (κ1) is 25.2. The fourth-order valence-electron chi connectivity index (χ4n) is 3.62. The lowest BCUT2D eigenvalue weighted by Gasteiger charge is -2.17. The number of amides is 2. The zero-order valence-electron chi connectivity index (χ0n) is 19.9. The number of thioether (sulfide) groups is 1. The van der Waals surface area contributed by atoms with E-state index in [0.717, 1.165) is 5.56 Å². The molecule has 0 bridgehead atoms. The normalized spacial score (nSPS) is 16.3. The Morgan fingerprint density at radius 3 is 2.53 bits per heavy atom. The lowest BCUT2D eigenvalue weighted by atomic mass is 10.2. The van der Waals surface area contributed by atoms with E-state index in [0.29, 0.717) is 34.6 Å². The largest absolute Gasteiger partial charge is 0.497 e. The number of ether oxygens (including phenoxy) is 2. The van der Waals surface area contributed by atoms with Gasteiger partial charge < -0.3 is 14.8 Å². The van der Waals surface area contributed by atoms with E-state index in [1.54, 1.807) is 61.7 Å². The number of carbonyl (C=O) groups is 2. The molecule has 0 aliphatic carbocycles. The third-order valence-electron chi connectivity index (χ3n) is 5.37. The summed E-state index contributed by atoms with van der Waals surface area (Å²) in [6, 6.07) is 20.2. The van der Waals surface area contributed by atoms with Crippen LogP contribution in [0.1, 0.15) is 18.9 Å². The Hall–Kier alpha value is -3.85. The molecule has 36 heavy (non-hydrogen) atoms. The number of nitrogens with one attached hydrogen (secondary N) is 1. The fourth-order valence-corrected chi connectivity index (χ4v) is 4.78. The van der Waals surface area contributed by atoms with Crippen molar-refractivity contribution in [3.63, 3.8) is 0 Å². The Bertz CT molecular complexity index is 1250. The maximum Gasteiger partial charge on any atom is 0.242 e. The zero-order chi connectivity index (χ0) is 25.5. The smallest absolute Gasteiger partial charge is 0.242 e. The Kier molecular flexibility index (Phi) is 8.22. The molecule has 2 amide bonds. The van der Waals surface area contributed by atoms with E-state index >= 15 is 0 Å². The maximum atomic E-state index is 13.4. The summed E-state index contributed by atoms with van der Waals surface area (Å²) in [4.78, 5) is 32.3. The molecule has 1 N–H and O–H groups in total. The van der Waals surface area contributed by atoms with Gasteiger partial charge in [0.05, 0.1) is 25.9 Å². The lowest BCUT2D eigenvalue weighted by Crippen LogP contribution is -2.33. The molecule has 1 saturated heterocycles. The second-order valence-corrected chi connectivity index (χ2v) is 9.13. The van der Waals surface area contributed by atoms with Gasteiger partial charge in [-0.05, 0) is 61.0 Å². The molecule has 0 spiro atoms. The second-order valence-electron chi connectivity index (χ2n) is 7.96. The van der Waals surface area contributed by atoms with Crippen molar-refractivity contribution in [3.05, 3.63) is 84.2 Å². The van der Waals surface area contributed by atoms with Crippen LogP contribution in [0, 0.1) is 5.82 Å². The molecule has 1 aliphatic rings. The molecule has 1 heterocycles. The summed E-state index contributed by atoms with van der Waals surface area (Å²) in [5, 5.41) is 2.67. The summed E-state index contributed by atoms with van der Waals surface area (Å²) >= 11 is 1.24. The van der Waals surface area contributed by atoms with Crippen molar-refractivity contribution < 1.29 is 23.5 Å². The van der Waals surface area contributed by atoms with Gasteiger partial charge in [0.2, 0.25) is 11.8 Å². The van der Waals surface area contributed by atoms with Crippen LogP contribution in [0.25, 0.3) is 0 Å². The van der Waals surface area contributed by atoms with E-state index < -0.39 is 5.25 Å². The molecule has 1 atom stereocenters. The van der Waals surface area contributed by atoms with Crippen molar-refractivity contribution in [1.29, 1.82) is 0 Å². The number of hydrogen-bond acceptors (Lipinski definition) is 6. The Balaban J connectivity index is 1.52. The monoisotopic (exact) mass is 507 g/mol. The second kappa shape index (κ2) is 11.7. The number of amidine groups is 1. The van der Waals surface area contributed by atoms with Crippen molar-refractivity contribution in [2.45, 2.75) is 25.1 Å². The summed E-state index contributed by atoms with van der Waals surface area (Å²) in [6.07, 6.45) is -0.0239. The number of methoxy groups -OCH3 is 1. The van der Waals surface area contributed by atoms with Crippen LogP contribution in [0.3, 0.4) is 0 Å². The molecular weight excluding hydrogens is 481 g/mol. The highest BCUT2D eigenvalue weighted by Crippen LogP contribution is 2.33. The lowest BCUT2D eigenvalue weighted by molar-refractivity contribution is -0.128. The number of nitrogens with zero attached hydrogens (tertiary/aromatic N) is 2. The molecule has 0 radical (unpaired) electrons. The van der Waals surface area contributed by atoms with Crippen LogP contribution in [-0.2, 0) is 16.1 Å². The highest BCUT2D eigenvalue weighted by atomic mass is 32.2.